The minimum atomic E-state index is -11.0. The molecule has 0 spiro atoms. The normalized spacial score (nSPS) is 16.6. The summed E-state index contributed by atoms with van der Waals surface area (Å²) in [7, 11) is -11.0. The van der Waals surface area contributed by atoms with Crippen LogP contribution in [0.15, 0.2) is 4.90 Å². The van der Waals surface area contributed by atoms with Gasteiger partial charge in [-0.3, -0.25) is 0 Å². The minimum absolute atomic E-state index is 2.95. The van der Waals surface area contributed by atoms with E-state index in [4.69, 9.17) is 0 Å². The molecule has 0 saturated carbocycles. The standard InChI is InChI=1S/C6F10S/c7-1-2(8)4(10)6(5(11)3(1)9)17(12,13,14,15)16. The van der Waals surface area contributed by atoms with E-state index in [0.29, 0.717) is 0 Å². The van der Waals surface area contributed by atoms with Gasteiger partial charge in [-0.2, -0.15) is 0 Å². The molecule has 17 heavy (non-hydrogen) atoms. The van der Waals surface area contributed by atoms with E-state index >= 15 is 0 Å². The molecule has 11 heteroatoms. The van der Waals surface area contributed by atoms with E-state index < -0.39 is 44.2 Å². The number of hydrogen-bond donors (Lipinski definition) is 0. The molecule has 0 amide bonds. The Morgan fingerprint density at radius 3 is 0.941 bits per heavy atom. The highest BCUT2D eigenvalue weighted by molar-refractivity contribution is 8.45. The molecule has 1 aromatic carbocycles. The first-order valence-electron chi connectivity index (χ1n) is 3.42. The van der Waals surface area contributed by atoms with E-state index in [0.717, 1.165) is 0 Å². The summed E-state index contributed by atoms with van der Waals surface area (Å²) in [6, 6.07) is 0. The zero-order valence-electron chi connectivity index (χ0n) is 7.19. The van der Waals surface area contributed by atoms with Crippen molar-refractivity contribution in [2.24, 2.45) is 0 Å². The molecule has 0 fully saturated rings. The second-order valence-corrected chi connectivity index (χ2v) is 5.21. The number of hydrogen-bond acceptors (Lipinski definition) is 0. The maximum absolute atomic E-state index is 12.5. The molecule has 0 nitrogen and oxygen atoms in total. The lowest BCUT2D eigenvalue weighted by Gasteiger charge is -2.40. The van der Waals surface area contributed by atoms with Gasteiger partial charge in [-0.1, -0.05) is 19.4 Å². The Labute approximate surface area is 86.6 Å². The molecule has 0 unspecified atom stereocenters. The van der Waals surface area contributed by atoms with Crippen molar-refractivity contribution in [1.29, 1.82) is 0 Å². The van der Waals surface area contributed by atoms with Gasteiger partial charge in [0.25, 0.3) is 0 Å². The molecule has 0 aliphatic heterocycles. The average Bonchev–Trinajstić information content (AvgIpc) is 2.07. The Hall–Kier alpha value is -1.13. The van der Waals surface area contributed by atoms with Crippen LogP contribution in [0.5, 0.6) is 0 Å². The Morgan fingerprint density at radius 2 is 0.706 bits per heavy atom. The molecule has 0 aliphatic carbocycles. The smallest absolute Gasteiger partial charge is 0.202 e. The third kappa shape index (κ3) is 2.28. The van der Waals surface area contributed by atoms with Crippen molar-refractivity contribution in [3.05, 3.63) is 29.1 Å². The molecule has 0 atom stereocenters. The quantitative estimate of drug-likeness (QED) is 0.387. The van der Waals surface area contributed by atoms with Gasteiger partial charge in [0.05, 0.1) is 0 Å². The average molecular weight is 294 g/mol. The topological polar surface area (TPSA) is 0 Å². The molecule has 0 radical (unpaired) electrons. The van der Waals surface area contributed by atoms with E-state index in [1.807, 2.05) is 0 Å². The van der Waals surface area contributed by atoms with Crippen molar-refractivity contribution < 1.29 is 41.4 Å². The summed E-state index contributed by atoms with van der Waals surface area (Å²) in [6.07, 6.45) is 0. The molecule has 0 aliphatic rings. The number of halogens is 10. The molecule has 1 rings (SSSR count). The van der Waals surface area contributed by atoms with Gasteiger partial charge in [0.1, 0.15) is 0 Å². The van der Waals surface area contributed by atoms with E-state index in [-0.39, 0.29) is 0 Å². The van der Waals surface area contributed by atoms with Crippen LogP contribution in [0.2, 0.25) is 0 Å². The first-order valence-corrected chi connectivity index (χ1v) is 5.37. The van der Waals surface area contributed by atoms with E-state index in [1.165, 1.54) is 0 Å². The minimum Gasteiger partial charge on any atom is -0.202 e. The van der Waals surface area contributed by atoms with Gasteiger partial charge < -0.3 is 0 Å². The molecule has 0 bridgehead atoms. The zero-order valence-corrected chi connectivity index (χ0v) is 8.00. The number of rotatable bonds is 1. The van der Waals surface area contributed by atoms with Gasteiger partial charge in [0.15, 0.2) is 28.2 Å². The summed E-state index contributed by atoms with van der Waals surface area (Å²) < 4.78 is 122. The number of benzene rings is 1. The van der Waals surface area contributed by atoms with Crippen molar-refractivity contribution in [2.75, 3.05) is 0 Å². The third-order valence-corrected chi connectivity index (χ3v) is 2.69. The highest BCUT2D eigenvalue weighted by Crippen LogP contribution is 3.02. The fourth-order valence-corrected chi connectivity index (χ4v) is 1.78. The second-order valence-electron chi connectivity index (χ2n) is 2.87. The first kappa shape index (κ1) is 13.9. The summed E-state index contributed by atoms with van der Waals surface area (Å²) in [4.78, 5) is -4.04. The van der Waals surface area contributed by atoms with E-state index in [2.05, 4.69) is 0 Å². The second kappa shape index (κ2) is 2.82. The van der Waals surface area contributed by atoms with Crippen LogP contribution in [0.3, 0.4) is 0 Å². The first-order chi connectivity index (χ1) is 7.16. The predicted octanol–water partition coefficient (Wildman–Crippen LogP) is 5.04. The summed E-state index contributed by atoms with van der Waals surface area (Å²) in [6.45, 7) is 0. The third-order valence-electron chi connectivity index (χ3n) is 1.56. The van der Waals surface area contributed by atoms with Gasteiger partial charge in [0.2, 0.25) is 5.82 Å². The van der Waals surface area contributed by atoms with Gasteiger partial charge in [-0.25, -0.2) is 22.0 Å². The van der Waals surface area contributed by atoms with Crippen LogP contribution in [-0.4, -0.2) is 0 Å². The van der Waals surface area contributed by atoms with Gasteiger partial charge >= 0.3 is 10.2 Å². The van der Waals surface area contributed by atoms with Crippen LogP contribution >= 0.6 is 10.2 Å². The monoisotopic (exact) mass is 294 g/mol. The fraction of sp³-hybridized carbons (Fsp3) is 0. The van der Waals surface area contributed by atoms with Crippen LogP contribution in [0.1, 0.15) is 0 Å². The maximum atomic E-state index is 12.5. The molecule has 0 heterocycles. The van der Waals surface area contributed by atoms with Crippen molar-refractivity contribution in [1.82, 2.24) is 0 Å². The maximum Gasteiger partial charge on any atom is 0.316 e. The van der Waals surface area contributed by atoms with Gasteiger partial charge in [0, 0.05) is 0 Å². The SMILES string of the molecule is Fc1c(F)c(F)c(S(F)(F)(F)(F)F)c(F)c1F. The molecule has 100 valence electrons. The fourth-order valence-electron chi connectivity index (χ4n) is 0.923. The lowest BCUT2D eigenvalue weighted by Crippen LogP contribution is -2.16. The van der Waals surface area contributed by atoms with Crippen LogP contribution in [0.4, 0.5) is 41.4 Å². The highest BCUT2D eigenvalue weighted by Gasteiger charge is 2.70. The van der Waals surface area contributed by atoms with E-state index in [9.17, 15) is 41.4 Å². The predicted molar refractivity (Wildman–Crippen MR) is 37.6 cm³/mol. The summed E-state index contributed by atoms with van der Waals surface area (Å²) in [5, 5.41) is 0. The Bertz CT molecular complexity index is 470. The summed E-state index contributed by atoms with van der Waals surface area (Å²) in [5.74, 6) is -16.4. The van der Waals surface area contributed by atoms with Crippen molar-refractivity contribution in [2.45, 2.75) is 4.90 Å². The summed E-state index contributed by atoms with van der Waals surface area (Å²) in [5.41, 5.74) is 0. The molecular weight excluding hydrogens is 294 g/mol. The highest BCUT2D eigenvalue weighted by atomic mass is 32.5. The molecule has 1 aromatic rings. The van der Waals surface area contributed by atoms with Crippen LogP contribution < -0.4 is 0 Å². The van der Waals surface area contributed by atoms with Crippen LogP contribution in [0.25, 0.3) is 0 Å². The molecule has 0 aromatic heterocycles. The van der Waals surface area contributed by atoms with Crippen molar-refractivity contribution in [3.8, 4) is 0 Å². The zero-order chi connectivity index (χ0) is 13.9. The van der Waals surface area contributed by atoms with E-state index in [1.54, 1.807) is 0 Å². The van der Waals surface area contributed by atoms with Gasteiger partial charge in [-0.05, 0) is 0 Å². The molecule has 0 saturated heterocycles. The Morgan fingerprint density at radius 1 is 0.471 bits per heavy atom. The van der Waals surface area contributed by atoms with Crippen LogP contribution in [-0.2, 0) is 0 Å². The van der Waals surface area contributed by atoms with Crippen LogP contribution in [0, 0.1) is 29.1 Å². The molecule has 0 N–H and O–H groups in total. The van der Waals surface area contributed by atoms with Crippen molar-refractivity contribution >= 4 is 10.2 Å². The lowest BCUT2D eigenvalue weighted by molar-refractivity contribution is 0.312. The Kier molecular flexibility index (Phi) is 2.31. The summed E-state index contributed by atoms with van der Waals surface area (Å²) >= 11 is 0. The lowest BCUT2D eigenvalue weighted by atomic mass is 10.3. The van der Waals surface area contributed by atoms with Gasteiger partial charge in [-0.15, -0.1) is 0 Å². The molecular formula is C6F10S. The largest absolute Gasteiger partial charge is 0.316 e. The van der Waals surface area contributed by atoms with Crippen molar-refractivity contribution in [3.63, 3.8) is 0 Å². The Balaban J connectivity index is 3.95.